The minimum atomic E-state index is -3.85. The molecule has 1 aromatic carbocycles. The van der Waals surface area contributed by atoms with Crippen molar-refractivity contribution in [3.63, 3.8) is 0 Å². The minimum Gasteiger partial charge on any atom is -0.481 e. The van der Waals surface area contributed by atoms with Crippen LogP contribution < -0.4 is 14.2 Å². The molecular formula is C11H13NO6S. The molecule has 0 aliphatic carbocycles. The first-order chi connectivity index (χ1) is 8.90. The second-order valence-electron chi connectivity index (χ2n) is 4.11. The monoisotopic (exact) mass is 287 g/mol. The molecule has 7 nitrogen and oxygen atoms in total. The highest BCUT2D eigenvalue weighted by Gasteiger charge is 2.27. The van der Waals surface area contributed by atoms with Gasteiger partial charge in [0.25, 0.3) is 0 Å². The maximum absolute atomic E-state index is 12.1. The number of rotatable bonds is 5. The van der Waals surface area contributed by atoms with Gasteiger partial charge < -0.3 is 14.6 Å². The van der Waals surface area contributed by atoms with E-state index in [9.17, 15) is 13.2 Å². The van der Waals surface area contributed by atoms with Gasteiger partial charge in [-0.2, -0.15) is 0 Å². The molecule has 0 aromatic heterocycles. The van der Waals surface area contributed by atoms with E-state index in [1.54, 1.807) is 6.07 Å². The predicted octanol–water partition coefficient (Wildman–Crippen LogP) is 0.557. The summed E-state index contributed by atoms with van der Waals surface area (Å²) in [5.41, 5.74) is 0. The first kappa shape index (κ1) is 13.6. The predicted molar refractivity (Wildman–Crippen MR) is 64.6 cm³/mol. The van der Waals surface area contributed by atoms with Crippen LogP contribution >= 0.6 is 0 Å². The number of ether oxygens (including phenoxy) is 2. The van der Waals surface area contributed by atoms with Crippen LogP contribution in [0.1, 0.15) is 13.3 Å². The van der Waals surface area contributed by atoms with E-state index < -0.39 is 22.0 Å². The topological polar surface area (TPSA) is 102 Å². The van der Waals surface area contributed by atoms with Gasteiger partial charge in [0, 0.05) is 6.04 Å². The molecule has 104 valence electrons. The normalized spacial score (nSPS) is 15.2. The van der Waals surface area contributed by atoms with Crippen LogP contribution in [0.25, 0.3) is 0 Å². The number of hydrogen-bond acceptors (Lipinski definition) is 5. The average Bonchev–Trinajstić information content (AvgIpc) is 2.73. The second kappa shape index (κ2) is 5.06. The fourth-order valence-corrected chi connectivity index (χ4v) is 3.15. The Bertz CT molecular complexity index is 597. The Morgan fingerprint density at radius 3 is 2.89 bits per heavy atom. The molecule has 1 unspecified atom stereocenters. The zero-order valence-corrected chi connectivity index (χ0v) is 10.9. The average molecular weight is 287 g/mol. The highest BCUT2D eigenvalue weighted by Crippen LogP contribution is 2.37. The van der Waals surface area contributed by atoms with Gasteiger partial charge in [0.1, 0.15) is 4.90 Å². The first-order valence-electron chi connectivity index (χ1n) is 5.53. The minimum absolute atomic E-state index is 0.0352. The fraction of sp³-hybridized carbons (Fsp3) is 0.364. The Labute approximate surface area is 110 Å². The van der Waals surface area contributed by atoms with Crippen LogP contribution in [0.5, 0.6) is 11.5 Å². The largest absolute Gasteiger partial charge is 0.481 e. The number of carboxylic acid groups (broad SMARTS) is 1. The lowest BCUT2D eigenvalue weighted by Crippen LogP contribution is -2.34. The van der Waals surface area contributed by atoms with Gasteiger partial charge in [-0.05, 0) is 19.1 Å². The van der Waals surface area contributed by atoms with E-state index in [-0.39, 0.29) is 23.9 Å². The number of carbonyl (C=O) groups is 1. The summed E-state index contributed by atoms with van der Waals surface area (Å²) in [6.45, 7) is 1.44. The molecule has 1 atom stereocenters. The highest BCUT2D eigenvalue weighted by atomic mass is 32.2. The van der Waals surface area contributed by atoms with Gasteiger partial charge in [0.15, 0.2) is 11.5 Å². The zero-order valence-electron chi connectivity index (χ0n) is 10.1. The van der Waals surface area contributed by atoms with E-state index in [0.717, 1.165) is 0 Å². The number of nitrogens with one attached hydrogen (secondary N) is 1. The number of sulfonamides is 1. The van der Waals surface area contributed by atoms with Crippen LogP contribution in [0, 0.1) is 0 Å². The van der Waals surface area contributed by atoms with E-state index >= 15 is 0 Å². The first-order valence-corrected chi connectivity index (χ1v) is 7.01. The summed E-state index contributed by atoms with van der Waals surface area (Å²) in [5.74, 6) is -0.570. The summed E-state index contributed by atoms with van der Waals surface area (Å²) in [6.07, 6.45) is -0.300. The van der Waals surface area contributed by atoms with Gasteiger partial charge in [-0.25, -0.2) is 13.1 Å². The van der Waals surface area contributed by atoms with Gasteiger partial charge in [-0.15, -0.1) is 0 Å². The fourth-order valence-electron chi connectivity index (χ4n) is 1.75. The smallest absolute Gasteiger partial charge is 0.304 e. The van der Waals surface area contributed by atoms with Crippen molar-refractivity contribution in [2.45, 2.75) is 24.3 Å². The molecule has 0 amide bonds. The van der Waals surface area contributed by atoms with Gasteiger partial charge in [0.05, 0.1) is 6.42 Å². The summed E-state index contributed by atoms with van der Waals surface area (Å²) >= 11 is 0. The molecule has 0 bridgehead atoms. The van der Waals surface area contributed by atoms with E-state index in [1.165, 1.54) is 19.1 Å². The number of carboxylic acids is 1. The molecule has 1 aliphatic heterocycles. The van der Waals surface area contributed by atoms with E-state index in [1.807, 2.05) is 0 Å². The Balaban J connectivity index is 2.26. The van der Waals surface area contributed by atoms with Gasteiger partial charge >= 0.3 is 5.97 Å². The van der Waals surface area contributed by atoms with E-state index in [0.29, 0.717) is 5.75 Å². The van der Waals surface area contributed by atoms with Crippen LogP contribution in [0.3, 0.4) is 0 Å². The quantitative estimate of drug-likeness (QED) is 0.820. The van der Waals surface area contributed by atoms with Gasteiger partial charge in [-0.3, -0.25) is 4.79 Å². The van der Waals surface area contributed by atoms with Crippen molar-refractivity contribution in [2.24, 2.45) is 0 Å². The van der Waals surface area contributed by atoms with Crippen molar-refractivity contribution in [1.29, 1.82) is 0 Å². The van der Waals surface area contributed by atoms with Crippen LogP contribution in [-0.4, -0.2) is 32.3 Å². The molecule has 0 saturated carbocycles. The number of hydrogen-bond donors (Lipinski definition) is 2. The second-order valence-corrected chi connectivity index (χ2v) is 5.79. The van der Waals surface area contributed by atoms with Gasteiger partial charge in [0.2, 0.25) is 16.8 Å². The zero-order chi connectivity index (χ0) is 14.0. The molecule has 0 radical (unpaired) electrons. The lowest BCUT2D eigenvalue weighted by atomic mass is 10.3. The standard InChI is InChI=1S/C11H13NO6S/c1-7(5-10(13)14)12-19(15,16)9-4-2-3-8-11(9)18-6-17-8/h2-4,7,12H,5-6H2,1H3,(H,13,14). The number of para-hydroxylation sites is 1. The lowest BCUT2D eigenvalue weighted by molar-refractivity contribution is -0.137. The van der Waals surface area contributed by atoms with Crippen molar-refractivity contribution >= 4 is 16.0 Å². The van der Waals surface area contributed by atoms with Crippen molar-refractivity contribution in [1.82, 2.24) is 4.72 Å². The molecule has 1 aliphatic rings. The molecule has 0 fully saturated rings. The molecular weight excluding hydrogens is 274 g/mol. The summed E-state index contributed by atoms with van der Waals surface area (Å²) in [6, 6.07) is 3.79. The van der Waals surface area contributed by atoms with Crippen LogP contribution in [0.15, 0.2) is 23.1 Å². The van der Waals surface area contributed by atoms with Crippen LogP contribution in [0.2, 0.25) is 0 Å². The third-order valence-electron chi connectivity index (χ3n) is 2.49. The number of benzene rings is 1. The third kappa shape index (κ3) is 2.96. The summed E-state index contributed by atoms with van der Waals surface area (Å²) in [7, 11) is -3.85. The third-order valence-corrected chi connectivity index (χ3v) is 4.10. The van der Waals surface area contributed by atoms with Crippen molar-refractivity contribution in [2.75, 3.05) is 6.79 Å². The van der Waals surface area contributed by atoms with E-state index in [2.05, 4.69) is 4.72 Å². The molecule has 0 saturated heterocycles. The Kier molecular flexibility index (Phi) is 3.63. The SMILES string of the molecule is CC(CC(=O)O)NS(=O)(=O)c1cccc2c1OCO2. The summed E-state index contributed by atoms with van der Waals surface area (Å²) in [4.78, 5) is 10.5. The Morgan fingerprint density at radius 2 is 2.21 bits per heavy atom. The van der Waals surface area contributed by atoms with E-state index in [4.69, 9.17) is 14.6 Å². The molecule has 1 aromatic rings. The molecule has 8 heteroatoms. The molecule has 1 heterocycles. The number of fused-ring (bicyclic) bond motifs is 1. The van der Waals surface area contributed by atoms with Crippen molar-refractivity contribution in [3.8, 4) is 11.5 Å². The van der Waals surface area contributed by atoms with Gasteiger partial charge in [-0.1, -0.05) is 6.07 Å². The maximum atomic E-state index is 12.1. The lowest BCUT2D eigenvalue weighted by Gasteiger charge is -2.13. The molecule has 0 spiro atoms. The molecule has 2 N–H and O–H groups in total. The molecule has 2 rings (SSSR count). The highest BCUT2D eigenvalue weighted by molar-refractivity contribution is 7.89. The Hall–Kier alpha value is -1.80. The van der Waals surface area contributed by atoms with Crippen LogP contribution in [-0.2, 0) is 14.8 Å². The number of aliphatic carboxylic acids is 1. The maximum Gasteiger partial charge on any atom is 0.304 e. The van der Waals surface area contributed by atoms with Crippen LogP contribution in [0.4, 0.5) is 0 Å². The molecule has 19 heavy (non-hydrogen) atoms. The van der Waals surface area contributed by atoms with Crippen molar-refractivity contribution < 1.29 is 27.8 Å². The Morgan fingerprint density at radius 1 is 1.47 bits per heavy atom. The van der Waals surface area contributed by atoms with Crippen molar-refractivity contribution in [3.05, 3.63) is 18.2 Å². The summed E-state index contributed by atoms with van der Waals surface area (Å²) in [5, 5.41) is 8.63. The summed E-state index contributed by atoms with van der Waals surface area (Å²) < 4.78 is 36.8.